The van der Waals surface area contributed by atoms with Crippen LogP contribution in [0, 0.1) is 0 Å². The molecule has 0 aliphatic carbocycles. The normalized spacial score (nSPS) is 11.8. The van der Waals surface area contributed by atoms with E-state index < -0.39 is 31.3 Å². The molecule has 0 spiro atoms. The van der Waals surface area contributed by atoms with E-state index in [9.17, 15) is 31.1 Å². The summed E-state index contributed by atoms with van der Waals surface area (Å²) >= 11 is 6.94. The largest absolute Gasteiger partial charge is 0.741 e. The molecule has 0 aliphatic heterocycles. The Morgan fingerprint density at radius 2 is 0.781 bits per heavy atom. The van der Waals surface area contributed by atoms with Crippen LogP contribution in [0.15, 0.2) is 194 Å². The van der Waals surface area contributed by atoms with E-state index in [1.807, 2.05) is 73.3 Å². The molecule has 0 unspecified atom stereocenters. The first-order valence-electron chi connectivity index (χ1n) is 28.3. The number of carbonyl (C=O) groups is 1. The number of carbonyl (C=O) groups excluding carboxylic acids is 1. The van der Waals surface area contributed by atoms with Crippen molar-refractivity contribution in [2.24, 2.45) is 28.2 Å². The van der Waals surface area contributed by atoms with Crippen LogP contribution in [0.3, 0.4) is 0 Å². The molecule has 492 valence electrons. The molecule has 0 radical (unpaired) electrons. The number of aldehydes is 1. The summed E-state index contributed by atoms with van der Waals surface area (Å²) in [5, 5.41) is 6.69. The number of alkyl halides is 6. The Hall–Kier alpha value is -9.45. The lowest BCUT2D eigenvalue weighted by Crippen LogP contribution is -2.28. The smallest absolute Gasteiger partial charge is 0.485 e. The number of aryl methyl sites for hydroxylation is 2. The average molecular weight is 1420 g/mol. The lowest BCUT2D eigenvalue weighted by atomic mass is 10.1. The molecule has 96 heavy (non-hydrogen) atoms. The van der Waals surface area contributed by atoms with Crippen molar-refractivity contribution in [1.82, 2.24) is 29.1 Å². The van der Waals surface area contributed by atoms with E-state index in [1.54, 1.807) is 45.3 Å². The van der Waals surface area contributed by atoms with Crippen molar-refractivity contribution in [2.75, 3.05) is 0 Å². The molecule has 0 N–H and O–H groups in total. The first-order chi connectivity index (χ1) is 45.2. The minimum absolute atomic E-state index is 0. The van der Waals surface area contributed by atoms with E-state index in [2.05, 4.69) is 208 Å². The summed E-state index contributed by atoms with van der Waals surface area (Å²) < 4.78 is 131. The predicted molar refractivity (Wildman–Crippen MR) is 371 cm³/mol. The van der Waals surface area contributed by atoms with Gasteiger partial charge in [-0.15, -0.1) is 45.3 Å². The third kappa shape index (κ3) is 17.0. The molecule has 0 fully saturated rings. The third-order valence-electron chi connectivity index (χ3n) is 14.4. The maximum atomic E-state index is 10.9. The second kappa shape index (κ2) is 30.1. The topological polar surface area (TPSA) is 201 Å². The van der Waals surface area contributed by atoms with Crippen LogP contribution >= 0.6 is 45.3 Å². The van der Waals surface area contributed by atoms with Crippen molar-refractivity contribution >= 4 is 170 Å². The fourth-order valence-electron chi connectivity index (χ4n) is 9.56. The van der Waals surface area contributed by atoms with Gasteiger partial charge in [0.1, 0.15) is 34.1 Å². The van der Waals surface area contributed by atoms with E-state index in [0.29, 0.717) is 5.69 Å². The van der Waals surface area contributed by atoms with Gasteiger partial charge in [-0.2, -0.15) is 26.3 Å². The summed E-state index contributed by atoms with van der Waals surface area (Å²) in [7, 11) is -4.04. The van der Waals surface area contributed by atoms with Crippen LogP contribution in [0.2, 0.25) is 0 Å². The number of thiazole rings is 4. The summed E-state index contributed by atoms with van der Waals surface area (Å²) in [6, 6.07) is 62.4. The van der Waals surface area contributed by atoms with Crippen molar-refractivity contribution in [3.63, 3.8) is 0 Å². The Balaban J connectivity index is 0.000000160. The van der Waals surface area contributed by atoms with Crippen molar-refractivity contribution < 1.29 is 66.2 Å². The summed E-state index contributed by atoms with van der Waals surface area (Å²) in [4.78, 5) is 30.2. The average Bonchev–Trinajstić information content (AvgIpc) is 1.51. The molecule has 27 heteroatoms. The second-order valence-electron chi connectivity index (χ2n) is 20.7. The number of para-hydroxylation sites is 6. The highest BCUT2D eigenvalue weighted by Crippen LogP contribution is 2.37. The van der Waals surface area contributed by atoms with Crippen LogP contribution in [-0.2, 0) is 54.8 Å². The van der Waals surface area contributed by atoms with Crippen molar-refractivity contribution in [2.45, 2.75) is 24.9 Å². The van der Waals surface area contributed by atoms with Gasteiger partial charge in [0.15, 0.2) is 38.9 Å². The fourth-order valence-corrected chi connectivity index (χ4v) is 13.6. The van der Waals surface area contributed by atoms with Gasteiger partial charge in [0.25, 0.3) is 0 Å². The van der Waals surface area contributed by atoms with E-state index in [1.165, 1.54) is 46.2 Å². The zero-order chi connectivity index (χ0) is 67.8. The molecule has 8 aromatic heterocycles. The quantitative estimate of drug-likeness (QED) is 0.0415. The van der Waals surface area contributed by atoms with Gasteiger partial charge in [0.2, 0.25) is 11.0 Å². The van der Waals surface area contributed by atoms with E-state index in [0.717, 1.165) is 83.0 Å². The van der Waals surface area contributed by atoms with Crippen LogP contribution in [0.1, 0.15) is 66.2 Å². The molecule has 0 bridgehead atoms. The summed E-state index contributed by atoms with van der Waals surface area (Å²) in [6.45, 7) is 0. The van der Waals surface area contributed by atoms with Gasteiger partial charge < -0.3 is 18.2 Å². The number of nitrogens with zero attached hydrogens (tertiary/aromatic N) is 8. The molecule has 6 aromatic carbocycles. The maximum absolute atomic E-state index is 10.9. The minimum Gasteiger partial charge on any atom is -0.741 e. The van der Waals surface area contributed by atoms with Gasteiger partial charge in [-0.25, -0.2) is 45.9 Å². The SMILES string of the molecule is C.Cn1c(C=C(c2nc3ccccc3s2)c2nc3ccccc3s2)ccc1/C=C/c1cc[n+](C)c2ccccc12.Cn1c(C=O)ccc1/C=C/c1cc[n+](C)c2ccccc12.O=S(=O)([O-])C(F)(F)F.O=S(=O)([O-])C(F)(F)F.c1ccc2sc(Cc3nc4ccccc4s3)nc2c1. The number of hydrogen-bond acceptors (Lipinski definition) is 15. The van der Waals surface area contributed by atoms with Gasteiger partial charge in [0.05, 0.1) is 63.8 Å². The van der Waals surface area contributed by atoms with E-state index in [-0.39, 0.29) is 7.43 Å². The number of aromatic nitrogens is 8. The predicted octanol–water partition coefficient (Wildman–Crippen LogP) is 16.2. The molecule has 0 saturated heterocycles. The Labute approximate surface area is 563 Å². The highest BCUT2D eigenvalue weighted by molar-refractivity contribution is 7.86. The van der Waals surface area contributed by atoms with E-state index in [4.69, 9.17) is 35.9 Å². The summed E-state index contributed by atoms with van der Waals surface area (Å²) in [5.41, 5.74) is 2.66. The van der Waals surface area contributed by atoms with Crippen molar-refractivity contribution in [3.05, 3.63) is 248 Å². The van der Waals surface area contributed by atoms with Gasteiger partial charge in [-0.05, 0) is 114 Å². The number of benzene rings is 6. The number of hydrogen-bond donors (Lipinski definition) is 0. The highest BCUT2D eigenvalue weighted by Gasteiger charge is 2.37. The fraction of sp³-hybridized carbons (Fsp3) is 0.116. The van der Waals surface area contributed by atoms with E-state index >= 15 is 0 Å². The molecule has 0 aliphatic rings. The zero-order valence-electron chi connectivity index (χ0n) is 50.3. The Kier molecular flexibility index (Phi) is 22.2. The molecule has 15 nitrogen and oxygen atoms in total. The van der Waals surface area contributed by atoms with Crippen LogP contribution in [0.4, 0.5) is 26.3 Å². The first-order valence-corrected chi connectivity index (χ1v) is 34.4. The monoisotopic (exact) mass is 1410 g/mol. The molecule has 14 rings (SSSR count). The zero-order valence-corrected chi connectivity index (χ0v) is 55.2. The molecular formula is C69H56F6N8O7S6. The number of halogens is 6. The van der Waals surface area contributed by atoms with Gasteiger partial charge in [0, 0.05) is 61.0 Å². The number of fused-ring (bicyclic) bond motifs is 6. The lowest BCUT2D eigenvalue weighted by Gasteiger charge is -2.08. The molecule has 0 saturated carbocycles. The Morgan fingerprint density at radius 3 is 1.14 bits per heavy atom. The van der Waals surface area contributed by atoms with Crippen LogP contribution < -0.4 is 9.13 Å². The molecular weight excluding hydrogens is 1360 g/mol. The number of pyridine rings is 2. The molecule has 0 amide bonds. The van der Waals surface area contributed by atoms with Crippen LogP contribution in [-0.4, -0.2) is 72.3 Å². The molecule has 14 aromatic rings. The van der Waals surface area contributed by atoms with Gasteiger partial charge >= 0.3 is 11.0 Å². The maximum Gasteiger partial charge on any atom is 0.485 e. The third-order valence-corrected chi connectivity index (χ3v) is 19.8. The van der Waals surface area contributed by atoms with Gasteiger partial charge in [-0.1, -0.05) is 92.4 Å². The summed E-state index contributed by atoms with van der Waals surface area (Å²) in [6.07, 6.45) is 16.6. The minimum atomic E-state index is -6.09. The standard InChI is InChI=1S/C33H25N4S2.C18H17N2O.C15H10N2S2.2CHF3O3S.CH4/c1-36-20-19-22(25-9-3-6-12-29(25)36)15-16-23-17-18-24(37(23)2)21-26(32-34-27-10-4-7-13-30(27)38-32)33-35-28-11-5-8-14-31(28)39-33;1-19-12-11-14(17-5-3-4-6-18(17)19)7-8-15-9-10-16(13-21)20(15)2;1-3-7-12-10(5-1)16-14(18-12)9-15-17-11-6-2-4-8-13(11)19-15;2*2-1(3,4)8(5,6)7;/h3-21H,1-2H3;3-13H,1-2H3;1-8H,9H2;2*(H,5,6,7);1H4/q2*+1;;;;/p-2. The Bertz CT molecular complexity index is 5130. The molecule has 0 atom stereocenters. The van der Waals surface area contributed by atoms with Crippen LogP contribution in [0.25, 0.3) is 98.6 Å². The van der Waals surface area contributed by atoms with Crippen molar-refractivity contribution in [3.8, 4) is 0 Å². The molecule has 8 heterocycles. The Morgan fingerprint density at radius 1 is 0.458 bits per heavy atom. The summed E-state index contributed by atoms with van der Waals surface area (Å²) in [5.74, 6) is 0. The van der Waals surface area contributed by atoms with Crippen LogP contribution in [0.5, 0.6) is 0 Å². The highest BCUT2D eigenvalue weighted by atomic mass is 32.2. The van der Waals surface area contributed by atoms with Crippen molar-refractivity contribution in [1.29, 1.82) is 0 Å². The lowest BCUT2D eigenvalue weighted by molar-refractivity contribution is -0.645. The first kappa shape index (κ1) is 70.9. The van der Waals surface area contributed by atoms with Gasteiger partial charge in [-0.3, -0.25) is 4.79 Å². The second-order valence-corrected chi connectivity index (χ2v) is 27.8. The number of rotatable bonds is 10.